The van der Waals surface area contributed by atoms with Crippen molar-refractivity contribution < 1.29 is 9.64 Å². The van der Waals surface area contributed by atoms with E-state index in [0.717, 1.165) is 51.5 Å². The topological polar surface area (TPSA) is 37.7 Å². The Bertz CT molecular complexity index is 430. The van der Waals surface area contributed by atoms with Crippen LogP contribution in [0, 0.1) is 0 Å². The van der Waals surface area contributed by atoms with Crippen molar-refractivity contribution >= 4 is 23.0 Å². The number of hydrogen-bond donors (Lipinski definition) is 3. The van der Waals surface area contributed by atoms with Crippen LogP contribution in [0.15, 0.2) is 24.3 Å². The fraction of sp³-hybridized carbons (Fsp3) is 0.562. The molecule has 1 aromatic rings. The van der Waals surface area contributed by atoms with E-state index < -0.39 is 0 Å². The van der Waals surface area contributed by atoms with Gasteiger partial charge in [-0.25, -0.2) is 0 Å². The quantitative estimate of drug-likeness (QED) is 0.681. The summed E-state index contributed by atoms with van der Waals surface area (Å²) in [4.78, 5) is 1.58. The molecule has 2 rings (SSSR count). The standard InChI is InChI=1S/C16H25N3OS/c1-2-3-14-4-6-15(7-5-14)18-16(21)17-8-9-19-10-12-20-13-11-19/h4-7H,2-3,8-13H2,1H3,(H2,17,18,21)/p+1. The second-order valence-electron chi connectivity index (χ2n) is 5.44. The molecule has 1 aliphatic rings. The van der Waals surface area contributed by atoms with E-state index in [0.29, 0.717) is 5.11 Å². The molecule has 0 saturated carbocycles. The minimum Gasteiger partial charge on any atom is -0.370 e. The van der Waals surface area contributed by atoms with Crippen molar-refractivity contribution in [1.82, 2.24) is 5.32 Å². The highest BCUT2D eigenvalue weighted by atomic mass is 32.1. The number of anilines is 1. The van der Waals surface area contributed by atoms with Crippen LogP contribution in [0.5, 0.6) is 0 Å². The van der Waals surface area contributed by atoms with Crippen LogP contribution in [0.4, 0.5) is 5.69 Å². The summed E-state index contributed by atoms with van der Waals surface area (Å²) in [5.41, 5.74) is 2.42. The van der Waals surface area contributed by atoms with Crippen LogP contribution < -0.4 is 15.5 Å². The maximum atomic E-state index is 5.35. The number of benzene rings is 1. The number of ether oxygens (including phenoxy) is 1. The SMILES string of the molecule is CCCc1ccc(NC(=S)NCC[NH+]2CCOCC2)cc1. The minimum absolute atomic E-state index is 0.700. The third kappa shape index (κ3) is 5.99. The van der Waals surface area contributed by atoms with Crippen LogP contribution in [-0.4, -0.2) is 44.5 Å². The molecule has 5 heteroatoms. The van der Waals surface area contributed by atoms with E-state index in [1.165, 1.54) is 12.0 Å². The van der Waals surface area contributed by atoms with E-state index in [1.807, 2.05) is 0 Å². The zero-order valence-electron chi connectivity index (χ0n) is 12.8. The molecular formula is C16H26N3OS+. The first-order valence-electron chi connectivity index (χ1n) is 7.83. The van der Waals surface area contributed by atoms with Crippen molar-refractivity contribution in [3.05, 3.63) is 29.8 Å². The van der Waals surface area contributed by atoms with Gasteiger partial charge in [0.1, 0.15) is 13.1 Å². The second kappa shape index (κ2) is 8.97. The van der Waals surface area contributed by atoms with Gasteiger partial charge in [-0.15, -0.1) is 0 Å². The summed E-state index contributed by atoms with van der Waals surface area (Å²) < 4.78 is 5.35. The molecule has 0 aliphatic carbocycles. The molecule has 0 atom stereocenters. The molecule has 1 heterocycles. The maximum Gasteiger partial charge on any atom is 0.170 e. The first kappa shape index (κ1) is 16.2. The lowest BCUT2D eigenvalue weighted by molar-refractivity contribution is -0.906. The third-order valence-electron chi connectivity index (χ3n) is 3.71. The zero-order chi connectivity index (χ0) is 14.9. The Morgan fingerprint density at radius 2 is 1.95 bits per heavy atom. The van der Waals surface area contributed by atoms with Crippen molar-refractivity contribution in [3.63, 3.8) is 0 Å². The molecule has 0 unspecified atom stereocenters. The van der Waals surface area contributed by atoms with E-state index in [2.05, 4.69) is 41.8 Å². The second-order valence-corrected chi connectivity index (χ2v) is 5.85. The lowest BCUT2D eigenvalue weighted by Crippen LogP contribution is -3.14. The van der Waals surface area contributed by atoms with Crippen molar-refractivity contribution in [1.29, 1.82) is 0 Å². The summed E-state index contributed by atoms with van der Waals surface area (Å²) in [6.07, 6.45) is 2.31. The van der Waals surface area contributed by atoms with E-state index in [9.17, 15) is 0 Å². The first-order valence-corrected chi connectivity index (χ1v) is 8.24. The molecule has 1 fully saturated rings. The number of aryl methyl sites for hydroxylation is 1. The van der Waals surface area contributed by atoms with Crippen LogP contribution in [0.2, 0.25) is 0 Å². The van der Waals surface area contributed by atoms with Crippen molar-refractivity contribution in [2.45, 2.75) is 19.8 Å². The van der Waals surface area contributed by atoms with E-state index in [1.54, 1.807) is 4.90 Å². The first-order chi connectivity index (χ1) is 10.3. The number of morpholine rings is 1. The summed E-state index contributed by atoms with van der Waals surface area (Å²) in [5.74, 6) is 0. The molecule has 4 nitrogen and oxygen atoms in total. The summed E-state index contributed by atoms with van der Waals surface area (Å²) >= 11 is 5.33. The summed E-state index contributed by atoms with van der Waals surface area (Å²) in [7, 11) is 0. The van der Waals surface area contributed by atoms with Crippen molar-refractivity contribution in [2.75, 3.05) is 44.7 Å². The Balaban J connectivity index is 1.66. The summed E-state index contributed by atoms with van der Waals surface area (Å²) in [5, 5.41) is 7.21. The Morgan fingerprint density at radius 3 is 2.62 bits per heavy atom. The maximum absolute atomic E-state index is 5.35. The number of rotatable bonds is 6. The molecule has 0 aromatic heterocycles. The number of quaternary nitrogens is 1. The molecule has 1 aliphatic heterocycles. The van der Waals surface area contributed by atoms with Crippen LogP contribution in [-0.2, 0) is 11.2 Å². The predicted molar refractivity (Wildman–Crippen MR) is 91.0 cm³/mol. The molecule has 0 radical (unpaired) electrons. The Kier molecular flexibility index (Phi) is 6.92. The van der Waals surface area contributed by atoms with Gasteiger partial charge in [0.25, 0.3) is 0 Å². The van der Waals surface area contributed by atoms with Crippen molar-refractivity contribution in [3.8, 4) is 0 Å². The zero-order valence-corrected chi connectivity index (χ0v) is 13.6. The van der Waals surface area contributed by atoms with Gasteiger partial charge < -0.3 is 20.3 Å². The van der Waals surface area contributed by atoms with Crippen LogP contribution in [0.25, 0.3) is 0 Å². The highest BCUT2D eigenvalue weighted by molar-refractivity contribution is 7.80. The largest absolute Gasteiger partial charge is 0.370 e. The van der Waals surface area contributed by atoms with Gasteiger partial charge in [-0.2, -0.15) is 0 Å². The van der Waals surface area contributed by atoms with Crippen LogP contribution in [0.3, 0.4) is 0 Å². The highest BCUT2D eigenvalue weighted by Gasteiger charge is 2.12. The third-order valence-corrected chi connectivity index (χ3v) is 3.96. The molecule has 1 aromatic carbocycles. The monoisotopic (exact) mass is 308 g/mol. The average Bonchev–Trinajstić information content (AvgIpc) is 2.51. The van der Waals surface area contributed by atoms with Gasteiger partial charge in [-0.05, 0) is 36.3 Å². The molecule has 0 spiro atoms. The molecule has 21 heavy (non-hydrogen) atoms. The number of thiocarbonyl (C=S) groups is 1. The Labute approximate surface area is 132 Å². The fourth-order valence-electron chi connectivity index (χ4n) is 2.48. The lowest BCUT2D eigenvalue weighted by atomic mass is 10.1. The van der Waals surface area contributed by atoms with Gasteiger partial charge in [0, 0.05) is 5.69 Å². The average molecular weight is 308 g/mol. The Hall–Kier alpha value is -1.17. The normalized spacial score (nSPS) is 15.7. The highest BCUT2D eigenvalue weighted by Crippen LogP contribution is 2.10. The van der Waals surface area contributed by atoms with Gasteiger partial charge in [0.15, 0.2) is 5.11 Å². The van der Waals surface area contributed by atoms with Gasteiger partial charge in [-0.3, -0.25) is 0 Å². The smallest absolute Gasteiger partial charge is 0.170 e. The molecule has 3 N–H and O–H groups in total. The Morgan fingerprint density at radius 1 is 1.24 bits per heavy atom. The van der Waals surface area contributed by atoms with E-state index >= 15 is 0 Å². The number of hydrogen-bond acceptors (Lipinski definition) is 2. The summed E-state index contributed by atoms with van der Waals surface area (Å²) in [6, 6.07) is 8.50. The number of nitrogens with one attached hydrogen (secondary N) is 3. The molecule has 0 amide bonds. The van der Waals surface area contributed by atoms with Gasteiger partial charge in [0.2, 0.25) is 0 Å². The van der Waals surface area contributed by atoms with Gasteiger partial charge >= 0.3 is 0 Å². The summed E-state index contributed by atoms with van der Waals surface area (Å²) in [6.45, 7) is 8.13. The molecule has 1 saturated heterocycles. The van der Waals surface area contributed by atoms with E-state index in [4.69, 9.17) is 17.0 Å². The van der Waals surface area contributed by atoms with E-state index in [-0.39, 0.29) is 0 Å². The van der Waals surface area contributed by atoms with Crippen molar-refractivity contribution in [2.24, 2.45) is 0 Å². The minimum atomic E-state index is 0.700. The van der Waals surface area contributed by atoms with Crippen LogP contribution in [0.1, 0.15) is 18.9 Å². The molecular weight excluding hydrogens is 282 g/mol. The van der Waals surface area contributed by atoms with Crippen LogP contribution >= 0.6 is 12.2 Å². The molecule has 0 bridgehead atoms. The fourth-order valence-corrected chi connectivity index (χ4v) is 2.70. The van der Waals surface area contributed by atoms with Gasteiger partial charge in [-0.1, -0.05) is 25.5 Å². The van der Waals surface area contributed by atoms with Gasteiger partial charge in [0.05, 0.1) is 26.3 Å². The molecule has 116 valence electrons. The lowest BCUT2D eigenvalue weighted by Gasteiger charge is -2.24. The predicted octanol–water partition coefficient (Wildman–Crippen LogP) is 0.841.